The van der Waals surface area contributed by atoms with Crippen molar-refractivity contribution in [3.8, 4) is 11.8 Å². The molecule has 0 saturated carbocycles. The third kappa shape index (κ3) is 4.12. The van der Waals surface area contributed by atoms with Gasteiger partial charge in [0.05, 0.1) is 24.3 Å². The van der Waals surface area contributed by atoms with Crippen LogP contribution in [0.5, 0.6) is 5.75 Å². The van der Waals surface area contributed by atoms with Crippen LogP contribution >= 0.6 is 0 Å². The molecule has 24 heavy (non-hydrogen) atoms. The second-order valence-electron chi connectivity index (χ2n) is 5.53. The average molecular weight is 324 g/mol. The average Bonchev–Trinajstić information content (AvgIpc) is 2.64. The van der Waals surface area contributed by atoms with Crippen LogP contribution in [0.1, 0.15) is 28.4 Å². The van der Waals surface area contributed by atoms with Crippen molar-refractivity contribution in [1.82, 2.24) is 4.90 Å². The fourth-order valence-electron chi connectivity index (χ4n) is 2.16. The number of likely N-dealkylation sites (N-methyl/N-ethyl adjacent to an activating group) is 1. The first-order valence-corrected chi connectivity index (χ1v) is 7.65. The molecule has 0 aliphatic heterocycles. The third-order valence-corrected chi connectivity index (χ3v) is 3.86. The molecule has 0 aliphatic carbocycles. The van der Waals surface area contributed by atoms with Gasteiger partial charge in [-0.25, -0.2) is 0 Å². The first kappa shape index (κ1) is 17.5. The summed E-state index contributed by atoms with van der Waals surface area (Å²) in [7, 11) is 1.65. The third-order valence-electron chi connectivity index (χ3n) is 3.86. The molecule has 0 bridgehead atoms. The minimum atomic E-state index is -0.260. The van der Waals surface area contributed by atoms with Gasteiger partial charge in [0.1, 0.15) is 12.4 Å². The van der Waals surface area contributed by atoms with Crippen LogP contribution in [0.15, 0.2) is 48.5 Å². The van der Waals surface area contributed by atoms with E-state index in [0.717, 1.165) is 5.56 Å². The Bertz CT molecular complexity index is 752. The number of rotatable bonds is 6. The summed E-state index contributed by atoms with van der Waals surface area (Å²) in [6, 6.07) is 16.0. The van der Waals surface area contributed by atoms with Crippen molar-refractivity contribution in [2.24, 2.45) is 0 Å². The van der Waals surface area contributed by atoms with Gasteiger partial charge in [-0.15, -0.1) is 0 Å². The van der Waals surface area contributed by atoms with Gasteiger partial charge in [-0.05, 0) is 31.2 Å². The number of aliphatic hydroxyl groups excluding tert-OH is 1. The van der Waals surface area contributed by atoms with Crippen molar-refractivity contribution in [1.29, 1.82) is 5.26 Å². The number of hydrogen-bond acceptors (Lipinski definition) is 4. The molecule has 2 aromatic carbocycles. The van der Waals surface area contributed by atoms with Gasteiger partial charge in [-0.1, -0.05) is 24.3 Å². The van der Waals surface area contributed by atoms with Gasteiger partial charge >= 0.3 is 0 Å². The van der Waals surface area contributed by atoms with E-state index in [0.29, 0.717) is 16.9 Å². The number of amides is 1. The van der Waals surface area contributed by atoms with E-state index < -0.39 is 0 Å². The highest BCUT2D eigenvalue weighted by molar-refractivity contribution is 5.94. The molecule has 1 amide bonds. The Morgan fingerprint density at radius 1 is 1.29 bits per heavy atom. The molecule has 2 rings (SSSR count). The summed E-state index contributed by atoms with van der Waals surface area (Å²) < 4.78 is 5.72. The Balaban J connectivity index is 2.11. The highest BCUT2D eigenvalue weighted by Gasteiger charge is 2.17. The van der Waals surface area contributed by atoms with E-state index in [2.05, 4.69) is 6.07 Å². The molecule has 1 N–H and O–H groups in total. The maximum Gasteiger partial charge on any atom is 0.254 e. The fourth-order valence-corrected chi connectivity index (χ4v) is 2.16. The lowest BCUT2D eigenvalue weighted by molar-refractivity contribution is 0.0681. The van der Waals surface area contributed by atoms with Crippen molar-refractivity contribution >= 4 is 5.91 Å². The van der Waals surface area contributed by atoms with Gasteiger partial charge in [-0.2, -0.15) is 5.26 Å². The van der Waals surface area contributed by atoms with Gasteiger partial charge in [0, 0.05) is 18.2 Å². The number of nitrogens with zero attached hydrogens (tertiary/aromatic N) is 2. The van der Waals surface area contributed by atoms with Gasteiger partial charge in [0.2, 0.25) is 0 Å². The highest BCUT2D eigenvalue weighted by atomic mass is 16.5. The zero-order chi connectivity index (χ0) is 17.5. The Morgan fingerprint density at radius 2 is 2.04 bits per heavy atom. The van der Waals surface area contributed by atoms with Crippen molar-refractivity contribution in [2.75, 3.05) is 13.7 Å². The second-order valence-corrected chi connectivity index (χ2v) is 5.53. The van der Waals surface area contributed by atoms with E-state index in [4.69, 9.17) is 10.00 Å². The molecule has 0 fully saturated rings. The molecule has 1 unspecified atom stereocenters. The van der Waals surface area contributed by atoms with E-state index in [9.17, 15) is 9.90 Å². The molecule has 5 nitrogen and oxygen atoms in total. The lowest BCUT2D eigenvalue weighted by atomic mass is 10.1. The van der Waals surface area contributed by atoms with Crippen LogP contribution in [0.2, 0.25) is 0 Å². The van der Waals surface area contributed by atoms with Crippen LogP contribution in [0, 0.1) is 11.3 Å². The van der Waals surface area contributed by atoms with Crippen molar-refractivity contribution < 1.29 is 14.6 Å². The van der Waals surface area contributed by atoms with Crippen LogP contribution in [0.25, 0.3) is 0 Å². The van der Waals surface area contributed by atoms with Crippen molar-refractivity contribution in [3.05, 3.63) is 65.2 Å². The first-order chi connectivity index (χ1) is 11.6. The summed E-state index contributed by atoms with van der Waals surface area (Å²) in [5.74, 6) is 0.373. The van der Waals surface area contributed by atoms with Gasteiger partial charge < -0.3 is 14.7 Å². The maximum absolute atomic E-state index is 12.4. The second kappa shape index (κ2) is 8.14. The molecule has 0 saturated heterocycles. The van der Waals surface area contributed by atoms with E-state index in [1.54, 1.807) is 50.4 Å². The largest absolute Gasteiger partial charge is 0.489 e. The van der Waals surface area contributed by atoms with E-state index in [-0.39, 0.29) is 25.2 Å². The predicted octanol–water partition coefficient (Wildman–Crippen LogP) is 2.59. The molecule has 124 valence electrons. The van der Waals surface area contributed by atoms with Crippen LogP contribution in [0.4, 0.5) is 0 Å². The minimum absolute atomic E-state index is 0.0939. The summed E-state index contributed by atoms with van der Waals surface area (Å²) in [5.41, 5.74) is 1.85. The molecular weight excluding hydrogens is 304 g/mol. The van der Waals surface area contributed by atoms with Crippen LogP contribution in [0.3, 0.4) is 0 Å². The SMILES string of the molecule is CC(CO)N(C)C(=O)c1cccc(OCc2ccccc2C#N)c1. The number of carbonyl (C=O) groups excluding carboxylic acids is 1. The van der Waals surface area contributed by atoms with Crippen LogP contribution in [-0.2, 0) is 6.61 Å². The molecule has 0 spiro atoms. The Morgan fingerprint density at radius 3 is 2.75 bits per heavy atom. The quantitative estimate of drug-likeness (QED) is 0.886. The number of benzene rings is 2. The van der Waals surface area contributed by atoms with Crippen LogP contribution < -0.4 is 4.74 Å². The van der Waals surface area contributed by atoms with Crippen molar-refractivity contribution in [2.45, 2.75) is 19.6 Å². The topological polar surface area (TPSA) is 73.6 Å². The lowest BCUT2D eigenvalue weighted by Crippen LogP contribution is -2.37. The molecule has 0 radical (unpaired) electrons. The number of hydrogen-bond donors (Lipinski definition) is 1. The summed E-state index contributed by atoms with van der Waals surface area (Å²) in [6.07, 6.45) is 0. The van der Waals surface area contributed by atoms with Crippen molar-refractivity contribution in [3.63, 3.8) is 0 Å². The highest BCUT2D eigenvalue weighted by Crippen LogP contribution is 2.18. The zero-order valence-electron chi connectivity index (χ0n) is 13.8. The Hall–Kier alpha value is -2.84. The maximum atomic E-state index is 12.4. The normalized spacial score (nSPS) is 11.4. The van der Waals surface area contributed by atoms with Crippen LogP contribution in [-0.4, -0.2) is 35.6 Å². The summed E-state index contributed by atoms with van der Waals surface area (Å²) >= 11 is 0. The summed E-state index contributed by atoms with van der Waals surface area (Å²) in [6.45, 7) is 1.94. The summed E-state index contributed by atoms with van der Waals surface area (Å²) in [5, 5.41) is 18.3. The lowest BCUT2D eigenvalue weighted by Gasteiger charge is -2.23. The van der Waals surface area contributed by atoms with Gasteiger partial charge in [0.25, 0.3) is 5.91 Å². The van der Waals surface area contributed by atoms with E-state index >= 15 is 0 Å². The number of carbonyl (C=O) groups is 1. The standard InChI is InChI=1S/C19H20N2O3/c1-14(12-22)21(2)19(23)15-8-5-9-18(10-15)24-13-17-7-4-3-6-16(17)11-20/h3-10,14,22H,12-13H2,1-2H3. The molecule has 0 aromatic heterocycles. The number of nitriles is 1. The minimum Gasteiger partial charge on any atom is -0.489 e. The molecule has 0 heterocycles. The Kier molecular flexibility index (Phi) is 5.94. The first-order valence-electron chi connectivity index (χ1n) is 7.65. The smallest absolute Gasteiger partial charge is 0.254 e. The number of aliphatic hydroxyl groups is 1. The zero-order valence-corrected chi connectivity index (χ0v) is 13.8. The molecule has 1 atom stereocenters. The predicted molar refractivity (Wildman–Crippen MR) is 90.6 cm³/mol. The van der Waals surface area contributed by atoms with E-state index in [1.165, 1.54) is 4.90 Å². The molecular formula is C19H20N2O3. The molecule has 5 heteroatoms. The summed E-state index contributed by atoms with van der Waals surface area (Å²) in [4.78, 5) is 13.9. The number of ether oxygens (including phenoxy) is 1. The van der Waals surface area contributed by atoms with E-state index in [1.807, 2.05) is 12.1 Å². The fraction of sp³-hybridized carbons (Fsp3) is 0.263. The molecule has 0 aliphatic rings. The van der Waals surface area contributed by atoms with Gasteiger partial charge in [0.15, 0.2) is 0 Å². The Labute approximate surface area is 141 Å². The van der Waals surface area contributed by atoms with Gasteiger partial charge in [-0.3, -0.25) is 4.79 Å². The molecule has 2 aromatic rings. The monoisotopic (exact) mass is 324 g/mol.